The van der Waals surface area contributed by atoms with Gasteiger partial charge in [-0.05, 0) is 34.2 Å². The van der Waals surface area contributed by atoms with Gasteiger partial charge < -0.3 is 0 Å². The van der Waals surface area contributed by atoms with E-state index in [4.69, 9.17) is 0 Å². The van der Waals surface area contributed by atoms with Crippen molar-refractivity contribution < 1.29 is 4.79 Å². The van der Waals surface area contributed by atoms with Crippen LogP contribution in [0.15, 0.2) is 54.6 Å². The number of hydrogen-bond donors (Lipinski definition) is 0. The van der Waals surface area contributed by atoms with Gasteiger partial charge in [0.1, 0.15) is 0 Å². The van der Waals surface area contributed by atoms with Crippen LogP contribution in [0.25, 0.3) is 0 Å². The highest BCUT2D eigenvalue weighted by atomic mass is 127. The van der Waals surface area contributed by atoms with Crippen LogP contribution in [0.3, 0.4) is 0 Å². The fourth-order valence-corrected chi connectivity index (χ4v) is 2.25. The largest absolute Gasteiger partial charge is 0.294 e. The Morgan fingerprint density at radius 1 is 0.938 bits per heavy atom. The second-order valence-corrected chi connectivity index (χ2v) is 4.73. The van der Waals surface area contributed by atoms with Gasteiger partial charge in [0.15, 0.2) is 5.78 Å². The zero-order chi connectivity index (χ0) is 11.4. The van der Waals surface area contributed by atoms with Gasteiger partial charge in [0, 0.05) is 15.6 Å². The maximum Gasteiger partial charge on any atom is 0.168 e. The van der Waals surface area contributed by atoms with Crippen LogP contribution in [-0.4, -0.2) is 5.78 Å². The number of benzene rings is 2. The average Bonchev–Trinajstić information content (AvgIpc) is 2.31. The zero-order valence-electron chi connectivity index (χ0n) is 8.69. The molecule has 0 aliphatic rings. The van der Waals surface area contributed by atoms with Crippen molar-refractivity contribution in [2.45, 2.75) is 6.42 Å². The van der Waals surface area contributed by atoms with E-state index in [0.717, 1.165) is 14.7 Å². The first-order valence-electron chi connectivity index (χ1n) is 5.09. The van der Waals surface area contributed by atoms with Crippen LogP contribution >= 0.6 is 22.6 Å². The van der Waals surface area contributed by atoms with Gasteiger partial charge in [0.05, 0.1) is 0 Å². The molecule has 0 fully saturated rings. The van der Waals surface area contributed by atoms with Gasteiger partial charge in [-0.25, -0.2) is 0 Å². The smallest absolute Gasteiger partial charge is 0.168 e. The van der Waals surface area contributed by atoms with Crippen LogP contribution in [0.2, 0.25) is 0 Å². The minimum Gasteiger partial charge on any atom is -0.294 e. The lowest BCUT2D eigenvalue weighted by molar-refractivity contribution is 0.0992. The molecule has 0 unspecified atom stereocenters. The molecular formula is C14H11IO. The molecule has 1 nitrogen and oxygen atoms in total. The molecular weight excluding hydrogens is 311 g/mol. The summed E-state index contributed by atoms with van der Waals surface area (Å²) < 4.78 is 1.01. The average molecular weight is 322 g/mol. The Balaban J connectivity index is 2.19. The maximum atomic E-state index is 12.0. The Bertz CT molecular complexity index is 491. The molecule has 0 saturated heterocycles. The van der Waals surface area contributed by atoms with Crippen molar-refractivity contribution in [2.75, 3.05) is 0 Å². The second-order valence-electron chi connectivity index (χ2n) is 3.57. The summed E-state index contributed by atoms with van der Waals surface area (Å²) in [5, 5.41) is 0. The minimum atomic E-state index is 0.177. The molecule has 0 aliphatic heterocycles. The van der Waals surface area contributed by atoms with E-state index in [0.29, 0.717) is 6.42 Å². The highest BCUT2D eigenvalue weighted by Crippen LogP contribution is 2.14. The quantitative estimate of drug-likeness (QED) is 0.622. The van der Waals surface area contributed by atoms with Crippen LogP contribution in [0, 0.1) is 3.57 Å². The fraction of sp³-hybridized carbons (Fsp3) is 0.0714. The van der Waals surface area contributed by atoms with Gasteiger partial charge in [-0.2, -0.15) is 0 Å². The molecule has 2 aromatic rings. The van der Waals surface area contributed by atoms with Crippen molar-refractivity contribution in [2.24, 2.45) is 0 Å². The van der Waals surface area contributed by atoms with Crippen LogP contribution < -0.4 is 0 Å². The first-order valence-corrected chi connectivity index (χ1v) is 6.17. The Labute approximate surface area is 109 Å². The fourth-order valence-electron chi connectivity index (χ4n) is 1.56. The van der Waals surface area contributed by atoms with Gasteiger partial charge in [-0.1, -0.05) is 48.5 Å². The van der Waals surface area contributed by atoms with Crippen LogP contribution in [0.1, 0.15) is 15.9 Å². The topological polar surface area (TPSA) is 17.1 Å². The van der Waals surface area contributed by atoms with Crippen LogP contribution in [0.4, 0.5) is 0 Å². The van der Waals surface area contributed by atoms with E-state index in [1.807, 2.05) is 54.6 Å². The summed E-state index contributed by atoms with van der Waals surface area (Å²) in [7, 11) is 0. The molecule has 0 atom stereocenters. The molecule has 0 heterocycles. The summed E-state index contributed by atoms with van der Waals surface area (Å²) in [6, 6.07) is 17.5. The number of carbonyl (C=O) groups excluding carboxylic acids is 1. The van der Waals surface area contributed by atoms with E-state index in [9.17, 15) is 4.79 Å². The number of carbonyl (C=O) groups is 1. The third kappa shape index (κ3) is 2.70. The molecule has 0 bridgehead atoms. The number of hydrogen-bond acceptors (Lipinski definition) is 1. The molecule has 80 valence electrons. The Morgan fingerprint density at radius 2 is 1.56 bits per heavy atom. The summed E-state index contributed by atoms with van der Waals surface area (Å²) in [6.45, 7) is 0. The molecule has 0 saturated carbocycles. The first kappa shape index (κ1) is 11.3. The molecule has 2 rings (SSSR count). The lowest BCUT2D eigenvalue weighted by Gasteiger charge is -2.03. The van der Waals surface area contributed by atoms with E-state index in [-0.39, 0.29) is 5.78 Å². The van der Waals surface area contributed by atoms with Gasteiger partial charge in [-0.15, -0.1) is 0 Å². The number of rotatable bonds is 3. The number of ketones is 1. The predicted octanol–water partition coefficient (Wildman–Crippen LogP) is 3.72. The van der Waals surface area contributed by atoms with Gasteiger partial charge in [-0.3, -0.25) is 4.79 Å². The highest BCUT2D eigenvalue weighted by molar-refractivity contribution is 14.1. The predicted molar refractivity (Wildman–Crippen MR) is 73.6 cm³/mol. The van der Waals surface area contributed by atoms with Gasteiger partial charge in [0.25, 0.3) is 0 Å². The third-order valence-electron chi connectivity index (χ3n) is 2.38. The summed E-state index contributed by atoms with van der Waals surface area (Å²) in [6.07, 6.45) is 0.473. The number of Topliss-reactive ketones (excluding diaryl/α,β-unsaturated/α-hetero) is 1. The van der Waals surface area contributed by atoms with Gasteiger partial charge in [0.2, 0.25) is 0 Å². The molecule has 0 aliphatic carbocycles. The molecule has 0 spiro atoms. The van der Waals surface area contributed by atoms with Crippen molar-refractivity contribution in [1.82, 2.24) is 0 Å². The maximum absolute atomic E-state index is 12.0. The lowest BCUT2D eigenvalue weighted by Crippen LogP contribution is -2.05. The molecule has 0 aromatic heterocycles. The molecule has 0 radical (unpaired) electrons. The second kappa shape index (κ2) is 5.25. The van der Waals surface area contributed by atoms with E-state index >= 15 is 0 Å². The Morgan fingerprint density at radius 3 is 2.25 bits per heavy atom. The van der Waals surface area contributed by atoms with Crippen molar-refractivity contribution >= 4 is 28.4 Å². The van der Waals surface area contributed by atoms with E-state index in [2.05, 4.69) is 22.6 Å². The molecule has 0 amide bonds. The number of halogens is 1. The normalized spacial score (nSPS) is 10.1. The first-order chi connectivity index (χ1) is 7.77. The van der Waals surface area contributed by atoms with Crippen molar-refractivity contribution in [3.05, 3.63) is 69.3 Å². The monoisotopic (exact) mass is 322 g/mol. The van der Waals surface area contributed by atoms with Crippen LogP contribution in [-0.2, 0) is 6.42 Å². The summed E-state index contributed by atoms with van der Waals surface area (Å²) in [5.74, 6) is 0.177. The molecule has 16 heavy (non-hydrogen) atoms. The summed E-state index contributed by atoms with van der Waals surface area (Å²) >= 11 is 2.20. The zero-order valence-corrected chi connectivity index (χ0v) is 10.8. The Kier molecular flexibility index (Phi) is 3.72. The molecule has 2 heteroatoms. The van der Waals surface area contributed by atoms with Crippen molar-refractivity contribution in [3.63, 3.8) is 0 Å². The summed E-state index contributed by atoms with van der Waals surface area (Å²) in [5.41, 5.74) is 1.87. The highest BCUT2D eigenvalue weighted by Gasteiger charge is 2.09. The lowest BCUT2D eigenvalue weighted by atomic mass is 10.0. The standard InChI is InChI=1S/C14H11IO/c15-13-9-5-4-8-12(13)14(16)10-11-6-2-1-3-7-11/h1-9H,10H2. The molecule has 2 aromatic carbocycles. The van der Waals surface area contributed by atoms with Crippen molar-refractivity contribution in [1.29, 1.82) is 0 Å². The van der Waals surface area contributed by atoms with Gasteiger partial charge >= 0.3 is 0 Å². The summed E-state index contributed by atoms with van der Waals surface area (Å²) in [4.78, 5) is 12.0. The molecule has 0 N–H and O–H groups in total. The third-order valence-corrected chi connectivity index (χ3v) is 3.32. The van der Waals surface area contributed by atoms with E-state index in [1.54, 1.807) is 0 Å². The van der Waals surface area contributed by atoms with Crippen molar-refractivity contribution in [3.8, 4) is 0 Å². The van der Waals surface area contributed by atoms with E-state index in [1.165, 1.54) is 0 Å². The Hall–Kier alpha value is -1.16. The van der Waals surface area contributed by atoms with Crippen LogP contribution in [0.5, 0.6) is 0 Å². The van der Waals surface area contributed by atoms with E-state index < -0.39 is 0 Å². The minimum absolute atomic E-state index is 0.177. The SMILES string of the molecule is O=C(Cc1ccccc1)c1ccccc1I.